The van der Waals surface area contributed by atoms with E-state index in [2.05, 4.69) is 10.4 Å². The molecule has 0 aliphatic carbocycles. The van der Waals surface area contributed by atoms with Crippen LogP contribution in [0.25, 0.3) is 16.9 Å². The van der Waals surface area contributed by atoms with Crippen LogP contribution < -0.4 is 14.8 Å². The molecule has 0 bridgehead atoms. The molecule has 186 valence electrons. The molecule has 8 nitrogen and oxygen atoms in total. The highest BCUT2D eigenvalue weighted by Gasteiger charge is 2.19. The van der Waals surface area contributed by atoms with Gasteiger partial charge in [-0.3, -0.25) is 4.79 Å². The number of methoxy groups -OCH3 is 1. The van der Waals surface area contributed by atoms with Gasteiger partial charge in [0, 0.05) is 11.5 Å². The Morgan fingerprint density at radius 2 is 1.63 bits per heavy atom. The van der Waals surface area contributed by atoms with Crippen LogP contribution >= 0.6 is 0 Å². The number of ketones is 1. The Hall–Kier alpha value is -3.81. The number of carbonyl (C=O) groups excluding carboxylic acids is 2. The molecule has 0 saturated carbocycles. The number of hydrogen-bond acceptors (Lipinski definition) is 6. The molecule has 0 aliphatic heterocycles. The van der Waals surface area contributed by atoms with Crippen molar-refractivity contribution in [2.24, 2.45) is 5.92 Å². The van der Waals surface area contributed by atoms with E-state index in [0.29, 0.717) is 24.6 Å². The molecule has 0 spiro atoms. The van der Waals surface area contributed by atoms with Crippen molar-refractivity contribution in [1.82, 2.24) is 15.1 Å². The van der Waals surface area contributed by atoms with Crippen LogP contribution in [0.3, 0.4) is 0 Å². The van der Waals surface area contributed by atoms with Crippen LogP contribution in [0.5, 0.6) is 11.5 Å². The van der Waals surface area contributed by atoms with Crippen molar-refractivity contribution >= 4 is 11.9 Å². The van der Waals surface area contributed by atoms with Gasteiger partial charge in [0.1, 0.15) is 29.4 Å². The normalized spacial score (nSPS) is 11.3. The third kappa shape index (κ3) is 7.09. The van der Waals surface area contributed by atoms with Gasteiger partial charge in [-0.05, 0) is 75.4 Å². The number of nitrogens with one attached hydrogen (secondary N) is 1. The van der Waals surface area contributed by atoms with Gasteiger partial charge >= 0.3 is 6.09 Å². The minimum Gasteiger partial charge on any atom is -0.497 e. The van der Waals surface area contributed by atoms with Crippen molar-refractivity contribution in [3.63, 3.8) is 0 Å². The van der Waals surface area contributed by atoms with Crippen LogP contribution in [-0.2, 0) is 4.74 Å². The van der Waals surface area contributed by atoms with Crippen LogP contribution in [-0.4, -0.2) is 47.5 Å². The zero-order chi connectivity index (χ0) is 25.6. The van der Waals surface area contributed by atoms with E-state index in [-0.39, 0.29) is 11.7 Å². The topological polar surface area (TPSA) is 91.7 Å². The molecule has 1 N–H and O–H groups in total. The maximum atomic E-state index is 12.6. The van der Waals surface area contributed by atoms with Crippen LogP contribution in [0.15, 0.2) is 54.6 Å². The summed E-state index contributed by atoms with van der Waals surface area (Å²) in [6.45, 7) is 9.78. The SMILES string of the molecule is COc1ccc(-n2nc(C(=O)C(C)C)cc2-c2ccc(OCCNC(=O)OC(C)(C)C)cc2)cc1. The third-order valence-corrected chi connectivity index (χ3v) is 4.99. The highest BCUT2D eigenvalue weighted by atomic mass is 16.6. The number of hydrogen-bond donors (Lipinski definition) is 1. The first-order chi connectivity index (χ1) is 16.6. The molecule has 0 atom stereocenters. The fourth-order valence-corrected chi connectivity index (χ4v) is 3.28. The van der Waals surface area contributed by atoms with Gasteiger partial charge < -0.3 is 19.5 Å². The molecule has 1 heterocycles. The standard InChI is InChI=1S/C27H33N3O5/c1-18(2)25(31)23-17-24(30(29-23)20-9-13-21(33-6)14-10-20)19-7-11-22(12-8-19)34-16-15-28-26(32)35-27(3,4)5/h7-14,17-18H,15-16H2,1-6H3,(H,28,32). The molecule has 1 aromatic heterocycles. The Morgan fingerprint density at radius 1 is 1.00 bits per heavy atom. The average molecular weight is 480 g/mol. The summed E-state index contributed by atoms with van der Waals surface area (Å²) < 4.78 is 18.0. The third-order valence-electron chi connectivity index (χ3n) is 4.99. The van der Waals surface area contributed by atoms with Crippen LogP contribution in [0.4, 0.5) is 4.79 Å². The second kappa shape index (κ2) is 11.1. The average Bonchev–Trinajstić information content (AvgIpc) is 3.26. The second-order valence-corrected chi connectivity index (χ2v) is 9.35. The Kier molecular flexibility index (Phi) is 8.17. The van der Waals surface area contributed by atoms with E-state index in [0.717, 1.165) is 22.7 Å². The van der Waals surface area contributed by atoms with Crippen molar-refractivity contribution < 1.29 is 23.8 Å². The number of rotatable bonds is 9. The van der Waals surface area contributed by atoms with E-state index in [1.807, 2.05) is 89.2 Å². The number of nitrogens with zero attached hydrogens (tertiary/aromatic N) is 2. The summed E-state index contributed by atoms with van der Waals surface area (Å²) in [4.78, 5) is 24.4. The van der Waals surface area contributed by atoms with Gasteiger partial charge in [-0.25, -0.2) is 9.48 Å². The zero-order valence-electron chi connectivity index (χ0n) is 21.1. The zero-order valence-corrected chi connectivity index (χ0v) is 21.1. The van der Waals surface area contributed by atoms with Crippen molar-refractivity contribution in [2.75, 3.05) is 20.3 Å². The lowest BCUT2D eigenvalue weighted by atomic mass is 10.1. The van der Waals surface area contributed by atoms with Crippen molar-refractivity contribution in [3.05, 3.63) is 60.3 Å². The van der Waals surface area contributed by atoms with Gasteiger partial charge in [-0.2, -0.15) is 5.10 Å². The monoisotopic (exact) mass is 479 g/mol. The maximum absolute atomic E-state index is 12.6. The molecule has 0 fully saturated rings. The molecule has 1 amide bonds. The predicted molar refractivity (Wildman–Crippen MR) is 134 cm³/mol. The van der Waals surface area contributed by atoms with Crippen LogP contribution in [0.2, 0.25) is 0 Å². The van der Waals surface area contributed by atoms with Crippen LogP contribution in [0.1, 0.15) is 45.1 Å². The minimum atomic E-state index is -0.543. The minimum absolute atomic E-state index is 0.0176. The summed E-state index contributed by atoms with van der Waals surface area (Å²) in [5.41, 5.74) is 2.36. The van der Waals surface area contributed by atoms with E-state index in [1.165, 1.54) is 0 Å². The van der Waals surface area contributed by atoms with Gasteiger partial charge in [0.15, 0.2) is 5.78 Å². The summed E-state index contributed by atoms with van der Waals surface area (Å²) in [6.07, 6.45) is -0.477. The van der Waals surface area contributed by atoms with E-state index in [1.54, 1.807) is 11.8 Å². The smallest absolute Gasteiger partial charge is 0.407 e. The highest BCUT2D eigenvalue weighted by molar-refractivity contribution is 5.96. The van der Waals surface area contributed by atoms with Crippen molar-refractivity contribution in [2.45, 2.75) is 40.2 Å². The van der Waals surface area contributed by atoms with Gasteiger partial charge in [0.25, 0.3) is 0 Å². The number of benzene rings is 2. The first-order valence-corrected chi connectivity index (χ1v) is 11.6. The predicted octanol–water partition coefficient (Wildman–Crippen LogP) is 5.29. The second-order valence-electron chi connectivity index (χ2n) is 9.35. The Bertz CT molecular complexity index is 1140. The number of Topliss-reactive ketones (excluding diaryl/α,β-unsaturated/α-hetero) is 1. The molecule has 0 aliphatic rings. The largest absolute Gasteiger partial charge is 0.497 e. The van der Waals surface area contributed by atoms with Gasteiger partial charge in [0.05, 0.1) is 25.0 Å². The Labute approximate surface area is 206 Å². The fourth-order valence-electron chi connectivity index (χ4n) is 3.28. The first kappa shape index (κ1) is 25.8. The van der Waals surface area contributed by atoms with Crippen molar-refractivity contribution in [1.29, 1.82) is 0 Å². The molecule has 0 saturated heterocycles. The summed E-state index contributed by atoms with van der Waals surface area (Å²) in [5.74, 6) is 1.22. The molecule has 8 heteroatoms. The van der Waals surface area contributed by atoms with Crippen LogP contribution in [0, 0.1) is 5.92 Å². The summed E-state index contributed by atoms with van der Waals surface area (Å²) in [5, 5.41) is 7.27. The molecule has 35 heavy (non-hydrogen) atoms. The van der Waals surface area contributed by atoms with Gasteiger partial charge in [-0.15, -0.1) is 0 Å². The number of ether oxygens (including phenoxy) is 3. The highest BCUT2D eigenvalue weighted by Crippen LogP contribution is 2.28. The summed E-state index contributed by atoms with van der Waals surface area (Å²) in [6, 6.07) is 16.8. The van der Waals surface area contributed by atoms with E-state index >= 15 is 0 Å². The number of alkyl carbamates (subject to hydrolysis) is 1. The first-order valence-electron chi connectivity index (χ1n) is 11.6. The molecule has 0 radical (unpaired) electrons. The molecular weight excluding hydrogens is 446 g/mol. The number of aromatic nitrogens is 2. The quantitative estimate of drug-likeness (QED) is 0.331. The molecule has 2 aromatic carbocycles. The Balaban J connectivity index is 1.74. The molecule has 3 rings (SSSR count). The van der Waals surface area contributed by atoms with Crippen molar-refractivity contribution in [3.8, 4) is 28.4 Å². The molecule has 3 aromatic rings. The number of amides is 1. The lowest BCUT2D eigenvalue weighted by molar-refractivity contribution is 0.0520. The Morgan fingerprint density at radius 3 is 2.20 bits per heavy atom. The van der Waals surface area contributed by atoms with E-state index in [9.17, 15) is 9.59 Å². The maximum Gasteiger partial charge on any atom is 0.407 e. The molecular formula is C27H33N3O5. The lowest BCUT2D eigenvalue weighted by Gasteiger charge is -2.19. The van der Waals surface area contributed by atoms with E-state index in [4.69, 9.17) is 14.2 Å². The fraction of sp³-hybridized carbons (Fsp3) is 0.370. The summed E-state index contributed by atoms with van der Waals surface area (Å²) in [7, 11) is 1.62. The molecule has 0 unspecified atom stereocenters. The van der Waals surface area contributed by atoms with E-state index < -0.39 is 11.7 Å². The lowest BCUT2D eigenvalue weighted by Crippen LogP contribution is -2.34. The summed E-state index contributed by atoms with van der Waals surface area (Å²) >= 11 is 0. The van der Waals surface area contributed by atoms with Gasteiger partial charge in [-0.1, -0.05) is 13.8 Å². The van der Waals surface area contributed by atoms with Gasteiger partial charge in [0.2, 0.25) is 0 Å². The number of carbonyl (C=O) groups is 2.